The monoisotopic (exact) mass is 556 g/mol. The Morgan fingerprint density at radius 1 is 0.452 bits per heavy atom. The van der Waals surface area contributed by atoms with Gasteiger partial charge in [0.15, 0.2) is 7.14 Å². The Hall–Kier alpha value is -5.11. The molecule has 0 radical (unpaired) electrons. The maximum atomic E-state index is 14.9. The highest BCUT2D eigenvalue weighted by molar-refractivity contribution is 7.85. The van der Waals surface area contributed by atoms with Crippen LogP contribution in [-0.2, 0) is 4.57 Å². The molecule has 0 amide bonds. The molecule has 0 aliphatic rings. The first-order valence-electron chi connectivity index (χ1n) is 14.0. The average molecular weight is 557 g/mol. The molecule has 0 bridgehead atoms. The summed E-state index contributed by atoms with van der Waals surface area (Å²) in [6.07, 6.45) is 1.84. The highest BCUT2D eigenvalue weighted by Crippen LogP contribution is 2.43. The Bertz CT molecular complexity index is 2270. The van der Waals surface area contributed by atoms with Gasteiger partial charge in [0.2, 0.25) is 0 Å². The van der Waals surface area contributed by atoms with Crippen LogP contribution in [0.4, 0.5) is 0 Å². The number of fused-ring (bicyclic) bond motifs is 7. The van der Waals surface area contributed by atoms with Crippen LogP contribution in [-0.4, -0.2) is 9.97 Å². The second-order valence-corrected chi connectivity index (χ2v) is 13.3. The van der Waals surface area contributed by atoms with Crippen LogP contribution in [0.15, 0.2) is 152 Å². The van der Waals surface area contributed by atoms with E-state index in [0.29, 0.717) is 0 Å². The van der Waals surface area contributed by atoms with Gasteiger partial charge in [0.05, 0.1) is 16.7 Å². The molecule has 0 saturated heterocycles. The van der Waals surface area contributed by atoms with Crippen LogP contribution in [0.5, 0.6) is 0 Å². The fourth-order valence-corrected chi connectivity index (χ4v) is 8.84. The first-order valence-corrected chi connectivity index (χ1v) is 15.7. The number of rotatable bonds is 4. The lowest BCUT2D eigenvalue weighted by molar-refractivity contribution is 0.592. The van der Waals surface area contributed by atoms with Crippen LogP contribution < -0.4 is 15.9 Å². The summed E-state index contributed by atoms with van der Waals surface area (Å²) in [6, 6.07) is 48.8. The molecule has 0 fully saturated rings. The van der Waals surface area contributed by atoms with Crippen LogP contribution >= 0.6 is 7.14 Å². The molecule has 8 rings (SSSR count). The van der Waals surface area contributed by atoms with Crippen LogP contribution in [0.1, 0.15) is 0 Å². The first-order chi connectivity index (χ1) is 20.7. The summed E-state index contributed by atoms with van der Waals surface area (Å²) in [7, 11) is -3.06. The van der Waals surface area contributed by atoms with Crippen molar-refractivity contribution in [3.05, 3.63) is 152 Å². The highest BCUT2D eigenvalue weighted by Gasteiger charge is 2.29. The van der Waals surface area contributed by atoms with Gasteiger partial charge in [-0.15, -0.1) is 0 Å². The molecule has 0 saturated carbocycles. The second-order valence-electron chi connectivity index (χ2n) is 10.5. The van der Waals surface area contributed by atoms with Crippen LogP contribution in [0.2, 0.25) is 0 Å². The number of benzene rings is 6. The predicted octanol–water partition coefficient (Wildman–Crippen LogP) is 8.40. The van der Waals surface area contributed by atoms with E-state index in [4.69, 9.17) is 4.98 Å². The molecule has 0 atom stereocenters. The molecular formula is C38H25N2OP. The first kappa shape index (κ1) is 24.7. The van der Waals surface area contributed by atoms with Gasteiger partial charge in [-0.25, -0.2) is 4.98 Å². The smallest absolute Gasteiger partial charge is 0.171 e. The van der Waals surface area contributed by atoms with Crippen molar-refractivity contribution in [2.24, 2.45) is 0 Å². The minimum atomic E-state index is -3.06. The molecule has 6 aromatic carbocycles. The molecule has 0 N–H and O–H groups in total. The highest BCUT2D eigenvalue weighted by atomic mass is 31.2. The third-order valence-electron chi connectivity index (χ3n) is 8.17. The summed E-state index contributed by atoms with van der Waals surface area (Å²) in [4.78, 5) is 9.82. The lowest BCUT2D eigenvalue weighted by Gasteiger charge is -2.20. The van der Waals surface area contributed by atoms with Crippen molar-refractivity contribution in [1.29, 1.82) is 0 Å². The van der Waals surface area contributed by atoms with Gasteiger partial charge in [-0.05, 0) is 29.0 Å². The quantitative estimate of drug-likeness (QED) is 0.162. The molecular weight excluding hydrogens is 531 g/mol. The average Bonchev–Trinajstić information content (AvgIpc) is 3.08. The molecule has 2 heterocycles. The van der Waals surface area contributed by atoms with Crippen molar-refractivity contribution in [2.45, 2.75) is 0 Å². The number of hydrogen-bond donors (Lipinski definition) is 0. The molecule has 4 heteroatoms. The number of aromatic nitrogens is 2. The van der Waals surface area contributed by atoms with E-state index >= 15 is 0 Å². The zero-order valence-corrected chi connectivity index (χ0v) is 23.6. The van der Waals surface area contributed by atoms with Gasteiger partial charge in [0.1, 0.15) is 0 Å². The molecule has 8 aromatic rings. The summed E-state index contributed by atoms with van der Waals surface area (Å²) in [5.74, 6) is 0. The van der Waals surface area contributed by atoms with Crippen molar-refractivity contribution in [3.63, 3.8) is 0 Å². The van der Waals surface area contributed by atoms with Crippen molar-refractivity contribution in [2.75, 3.05) is 0 Å². The summed E-state index contributed by atoms with van der Waals surface area (Å²) in [6.45, 7) is 0. The molecule has 198 valence electrons. The number of pyridine rings is 2. The Morgan fingerprint density at radius 3 is 1.79 bits per heavy atom. The SMILES string of the molecule is O=P(c1ccccc1)(c1ccccc1)c1ccc(-c2nc3ccccc3c3c2ccc2ccc4ncccc4c23)cc1. The van der Waals surface area contributed by atoms with Crippen LogP contribution in [0, 0.1) is 0 Å². The molecule has 42 heavy (non-hydrogen) atoms. The van der Waals surface area contributed by atoms with E-state index in [2.05, 4.69) is 65.6 Å². The van der Waals surface area contributed by atoms with E-state index in [0.717, 1.165) is 54.4 Å². The van der Waals surface area contributed by atoms with Crippen molar-refractivity contribution >= 4 is 66.4 Å². The van der Waals surface area contributed by atoms with Crippen LogP contribution in [0.25, 0.3) is 54.6 Å². The van der Waals surface area contributed by atoms with Gasteiger partial charge in [0.25, 0.3) is 0 Å². The maximum absolute atomic E-state index is 14.9. The normalized spacial score (nSPS) is 11.9. The zero-order chi connectivity index (χ0) is 28.1. The Balaban J connectivity index is 1.38. The zero-order valence-electron chi connectivity index (χ0n) is 22.7. The fourth-order valence-electron chi connectivity index (χ4n) is 6.19. The third kappa shape index (κ3) is 3.79. The van der Waals surface area contributed by atoms with Gasteiger partial charge >= 0.3 is 0 Å². The summed E-state index contributed by atoms with van der Waals surface area (Å²) >= 11 is 0. The molecule has 0 spiro atoms. The van der Waals surface area contributed by atoms with E-state index < -0.39 is 7.14 Å². The van der Waals surface area contributed by atoms with Gasteiger partial charge < -0.3 is 4.57 Å². The van der Waals surface area contributed by atoms with E-state index in [1.54, 1.807) is 0 Å². The standard InChI is InChI=1S/C38H25N2OP/c41-42(28-10-3-1-4-11-28,29-12-5-2-6-13-29)30-21-17-27(18-22-30)38-33-23-19-26-20-24-34-31(15-9-25-39-34)36(26)37(33)32-14-7-8-16-35(32)40-38/h1-25H. The molecule has 0 aliphatic heterocycles. The van der Waals surface area contributed by atoms with Gasteiger partial charge in [-0.2, -0.15) is 0 Å². The largest absolute Gasteiger partial charge is 0.309 e. The van der Waals surface area contributed by atoms with Crippen LogP contribution in [0.3, 0.4) is 0 Å². The fraction of sp³-hybridized carbons (Fsp3) is 0. The topological polar surface area (TPSA) is 42.9 Å². The number of para-hydroxylation sites is 1. The van der Waals surface area contributed by atoms with Gasteiger partial charge in [0, 0.05) is 49.2 Å². The summed E-state index contributed by atoms with van der Waals surface area (Å²) in [5, 5.41) is 9.32. The summed E-state index contributed by atoms with van der Waals surface area (Å²) < 4.78 is 14.9. The minimum Gasteiger partial charge on any atom is -0.309 e. The Morgan fingerprint density at radius 2 is 1.05 bits per heavy atom. The third-order valence-corrected chi connectivity index (χ3v) is 11.2. The second kappa shape index (κ2) is 9.76. The Labute approximate surface area is 243 Å². The van der Waals surface area contributed by atoms with E-state index in [1.165, 1.54) is 16.2 Å². The number of hydrogen-bond acceptors (Lipinski definition) is 3. The van der Waals surface area contributed by atoms with E-state index in [9.17, 15) is 4.57 Å². The van der Waals surface area contributed by atoms with Gasteiger partial charge in [-0.1, -0.05) is 127 Å². The summed E-state index contributed by atoms with van der Waals surface area (Å²) in [5.41, 5.74) is 3.81. The molecule has 0 aliphatic carbocycles. The van der Waals surface area contributed by atoms with Crippen molar-refractivity contribution in [1.82, 2.24) is 9.97 Å². The lowest BCUT2D eigenvalue weighted by atomic mass is 9.93. The molecule has 3 nitrogen and oxygen atoms in total. The Kier molecular flexibility index (Phi) is 5.73. The van der Waals surface area contributed by atoms with E-state index in [1.807, 2.05) is 91.1 Å². The maximum Gasteiger partial charge on any atom is 0.171 e. The van der Waals surface area contributed by atoms with Gasteiger partial charge in [-0.3, -0.25) is 4.98 Å². The minimum absolute atomic E-state index is 0.802. The number of nitrogens with zero attached hydrogens (tertiary/aromatic N) is 2. The van der Waals surface area contributed by atoms with Crippen molar-refractivity contribution in [3.8, 4) is 11.3 Å². The predicted molar refractivity (Wildman–Crippen MR) is 177 cm³/mol. The molecule has 2 aromatic heterocycles. The lowest BCUT2D eigenvalue weighted by Crippen LogP contribution is -2.24. The van der Waals surface area contributed by atoms with Crippen molar-refractivity contribution < 1.29 is 4.57 Å². The molecule has 0 unspecified atom stereocenters. The van der Waals surface area contributed by atoms with E-state index in [-0.39, 0.29) is 0 Å².